The van der Waals surface area contributed by atoms with Crippen LogP contribution in [0.1, 0.15) is 34.3 Å². The van der Waals surface area contributed by atoms with Gasteiger partial charge in [-0.1, -0.05) is 24.3 Å². The highest BCUT2D eigenvalue weighted by molar-refractivity contribution is 7.90. The van der Waals surface area contributed by atoms with Gasteiger partial charge < -0.3 is 5.11 Å². The number of benzene rings is 2. The second-order valence-corrected chi connectivity index (χ2v) is 8.98. The summed E-state index contributed by atoms with van der Waals surface area (Å²) in [4.78, 5) is 16.9. The number of aromatic nitrogens is 1. The molecule has 0 spiro atoms. The molecule has 5 nitrogen and oxygen atoms in total. The molecule has 1 heterocycles. The number of hydrogen-bond acceptors (Lipinski definition) is 4. The number of nitrogens with zero attached hydrogens (tertiary/aromatic N) is 1. The van der Waals surface area contributed by atoms with Crippen LogP contribution in [-0.4, -0.2) is 30.7 Å². The largest absolute Gasteiger partial charge is 0.478 e. The number of aromatic carboxylic acids is 1. The van der Waals surface area contributed by atoms with Crippen molar-refractivity contribution in [2.75, 3.05) is 6.26 Å². The molecular formula is C21H19NO4S. The third kappa shape index (κ3) is 3.21. The summed E-state index contributed by atoms with van der Waals surface area (Å²) in [6.45, 7) is 0. The van der Waals surface area contributed by atoms with Crippen LogP contribution in [-0.2, 0) is 22.7 Å². The third-order valence-electron chi connectivity index (χ3n) is 5.11. The van der Waals surface area contributed by atoms with E-state index in [1.54, 1.807) is 18.2 Å². The standard InChI is InChI=1S/C21H19NO4S/c1-27(25,26)15-9-6-14(7-10-15)19-12-18(21(23)24)17-11-8-13-4-2-3-5-16(13)20(17)22-19/h6-12H,2-5H2,1H3,(H,23,24). The zero-order chi connectivity index (χ0) is 19.2. The van der Waals surface area contributed by atoms with E-state index in [4.69, 9.17) is 4.98 Å². The van der Waals surface area contributed by atoms with Crippen molar-refractivity contribution >= 4 is 26.7 Å². The van der Waals surface area contributed by atoms with Crippen LogP contribution < -0.4 is 0 Å². The molecule has 3 aromatic rings. The zero-order valence-electron chi connectivity index (χ0n) is 14.9. The van der Waals surface area contributed by atoms with E-state index < -0.39 is 15.8 Å². The lowest BCUT2D eigenvalue weighted by atomic mass is 9.88. The van der Waals surface area contributed by atoms with Crippen molar-refractivity contribution in [3.63, 3.8) is 0 Å². The van der Waals surface area contributed by atoms with Gasteiger partial charge in [-0.05, 0) is 55.0 Å². The van der Waals surface area contributed by atoms with Crippen LogP contribution in [0.5, 0.6) is 0 Å². The normalized spacial score (nSPS) is 14.1. The van der Waals surface area contributed by atoms with Crippen molar-refractivity contribution in [2.24, 2.45) is 0 Å². The minimum Gasteiger partial charge on any atom is -0.478 e. The molecule has 4 rings (SSSR count). The lowest BCUT2D eigenvalue weighted by molar-refractivity contribution is 0.0699. The Labute approximate surface area is 157 Å². The topological polar surface area (TPSA) is 84.3 Å². The molecule has 2 aromatic carbocycles. The van der Waals surface area contributed by atoms with Crippen LogP contribution in [0, 0.1) is 0 Å². The molecule has 1 aliphatic carbocycles. The lowest BCUT2D eigenvalue weighted by Gasteiger charge is -2.18. The Bertz CT molecular complexity index is 1170. The number of carboxylic acid groups (broad SMARTS) is 1. The Morgan fingerprint density at radius 1 is 1.04 bits per heavy atom. The number of pyridine rings is 1. The summed E-state index contributed by atoms with van der Waals surface area (Å²) >= 11 is 0. The maximum atomic E-state index is 11.8. The van der Waals surface area contributed by atoms with E-state index in [-0.39, 0.29) is 10.5 Å². The SMILES string of the molecule is CS(=O)(=O)c1ccc(-c2cc(C(=O)O)c3ccc4c(c3n2)CCCC4)cc1. The first-order chi connectivity index (χ1) is 12.8. The van der Waals surface area contributed by atoms with Gasteiger partial charge in [0.1, 0.15) is 0 Å². The number of sulfone groups is 1. The quantitative estimate of drug-likeness (QED) is 0.744. The average molecular weight is 381 g/mol. The molecule has 0 amide bonds. The molecule has 0 saturated carbocycles. The van der Waals surface area contributed by atoms with Crippen LogP contribution in [0.3, 0.4) is 0 Å². The van der Waals surface area contributed by atoms with E-state index >= 15 is 0 Å². The Hall–Kier alpha value is -2.73. The number of rotatable bonds is 3. The van der Waals surface area contributed by atoms with E-state index in [9.17, 15) is 18.3 Å². The van der Waals surface area contributed by atoms with Crippen molar-refractivity contribution < 1.29 is 18.3 Å². The van der Waals surface area contributed by atoms with Gasteiger partial charge >= 0.3 is 5.97 Å². The van der Waals surface area contributed by atoms with Gasteiger partial charge in [-0.15, -0.1) is 0 Å². The summed E-state index contributed by atoms with van der Waals surface area (Å²) in [5.41, 5.74) is 4.57. The molecule has 6 heteroatoms. The molecule has 0 radical (unpaired) electrons. The molecule has 0 atom stereocenters. The van der Waals surface area contributed by atoms with Gasteiger partial charge in [0.15, 0.2) is 9.84 Å². The van der Waals surface area contributed by atoms with Crippen LogP contribution in [0.15, 0.2) is 47.4 Å². The van der Waals surface area contributed by atoms with Crippen LogP contribution in [0.25, 0.3) is 22.2 Å². The maximum absolute atomic E-state index is 11.8. The number of carboxylic acids is 1. The fourth-order valence-corrected chi connectivity index (χ4v) is 4.35. The summed E-state index contributed by atoms with van der Waals surface area (Å²) in [5, 5.41) is 10.4. The molecule has 0 fully saturated rings. The van der Waals surface area contributed by atoms with Crippen LogP contribution in [0.4, 0.5) is 0 Å². The van der Waals surface area contributed by atoms with Gasteiger partial charge in [-0.3, -0.25) is 0 Å². The van der Waals surface area contributed by atoms with Gasteiger partial charge in [0.05, 0.1) is 21.7 Å². The average Bonchev–Trinajstić information content (AvgIpc) is 2.66. The molecule has 0 saturated heterocycles. The van der Waals surface area contributed by atoms with E-state index in [0.29, 0.717) is 16.6 Å². The monoisotopic (exact) mass is 381 g/mol. The molecule has 0 aliphatic heterocycles. The van der Waals surface area contributed by atoms with Crippen LogP contribution in [0.2, 0.25) is 0 Å². The fourth-order valence-electron chi connectivity index (χ4n) is 3.72. The minimum absolute atomic E-state index is 0.218. The number of fused-ring (bicyclic) bond motifs is 3. The third-order valence-corrected chi connectivity index (χ3v) is 6.24. The van der Waals surface area contributed by atoms with E-state index in [2.05, 4.69) is 0 Å². The molecule has 1 aliphatic rings. The number of aryl methyl sites for hydroxylation is 2. The number of carbonyl (C=O) groups is 1. The summed E-state index contributed by atoms with van der Waals surface area (Å²) in [5.74, 6) is -0.993. The smallest absolute Gasteiger partial charge is 0.336 e. The van der Waals surface area contributed by atoms with Crippen molar-refractivity contribution in [1.29, 1.82) is 0 Å². The maximum Gasteiger partial charge on any atom is 0.336 e. The van der Waals surface area contributed by atoms with Crippen molar-refractivity contribution in [1.82, 2.24) is 4.98 Å². The first kappa shape index (κ1) is 17.7. The van der Waals surface area contributed by atoms with Gasteiger partial charge in [-0.2, -0.15) is 0 Å². The highest BCUT2D eigenvalue weighted by atomic mass is 32.2. The molecule has 27 heavy (non-hydrogen) atoms. The van der Waals surface area contributed by atoms with Gasteiger partial charge in [0.25, 0.3) is 0 Å². The minimum atomic E-state index is -3.28. The van der Waals surface area contributed by atoms with Gasteiger partial charge in [0.2, 0.25) is 0 Å². The van der Waals surface area contributed by atoms with Gasteiger partial charge in [-0.25, -0.2) is 18.2 Å². The van der Waals surface area contributed by atoms with Crippen molar-refractivity contribution in [3.8, 4) is 11.3 Å². The summed E-state index contributed by atoms with van der Waals surface area (Å²) in [7, 11) is -3.28. The molecule has 1 aromatic heterocycles. The van der Waals surface area contributed by atoms with Crippen molar-refractivity contribution in [2.45, 2.75) is 30.6 Å². The molecular weight excluding hydrogens is 362 g/mol. The van der Waals surface area contributed by atoms with E-state index in [0.717, 1.165) is 43.0 Å². The summed E-state index contributed by atoms with van der Waals surface area (Å²) in [6, 6.07) is 11.8. The van der Waals surface area contributed by atoms with E-state index in [1.165, 1.54) is 17.7 Å². The Kier molecular flexibility index (Phi) is 4.23. The van der Waals surface area contributed by atoms with Crippen LogP contribution >= 0.6 is 0 Å². The lowest BCUT2D eigenvalue weighted by Crippen LogP contribution is -2.07. The van der Waals surface area contributed by atoms with E-state index in [1.807, 2.05) is 12.1 Å². The fraction of sp³-hybridized carbons (Fsp3) is 0.238. The Balaban J connectivity index is 1.94. The summed E-state index contributed by atoms with van der Waals surface area (Å²) < 4.78 is 23.3. The highest BCUT2D eigenvalue weighted by Gasteiger charge is 2.19. The highest BCUT2D eigenvalue weighted by Crippen LogP contribution is 2.32. The number of hydrogen-bond donors (Lipinski definition) is 1. The first-order valence-corrected chi connectivity index (χ1v) is 10.7. The zero-order valence-corrected chi connectivity index (χ0v) is 15.7. The molecule has 138 valence electrons. The second-order valence-electron chi connectivity index (χ2n) is 6.96. The predicted octanol–water partition coefficient (Wildman–Crippen LogP) is 3.88. The Morgan fingerprint density at radius 3 is 2.41 bits per heavy atom. The first-order valence-electron chi connectivity index (χ1n) is 8.84. The summed E-state index contributed by atoms with van der Waals surface area (Å²) in [6.07, 6.45) is 5.25. The molecule has 1 N–H and O–H groups in total. The van der Waals surface area contributed by atoms with Crippen molar-refractivity contribution in [3.05, 3.63) is 59.2 Å². The molecule has 0 unspecified atom stereocenters. The Morgan fingerprint density at radius 2 is 1.74 bits per heavy atom. The molecule has 0 bridgehead atoms. The predicted molar refractivity (Wildman–Crippen MR) is 104 cm³/mol. The second kappa shape index (κ2) is 6.46. The van der Waals surface area contributed by atoms with Gasteiger partial charge in [0, 0.05) is 17.2 Å².